The lowest BCUT2D eigenvalue weighted by Crippen LogP contribution is -2.07. The van der Waals surface area contributed by atoms with Gasteiger partial charge in [0, 0.05) is 5.56 Å². The van der Waals surface area contributed by atoms with Crippen molar-refractivity contribution < 1.29 is 19.4 Å². The summed E-state index contributed by atoms with van der Waals surface area (Å²) in [6, 6.07) is 0. The first-order valence-corrected chi connectivity index (χ1v) is 4.97. The maximum atomic E-state index is 11.5. The second kappa shape index (κ2) is 4.61. The average molecular weight is 245 g/mol. The van der Waals surface area contributed by atoms with Gasteiger partial charge in [-0.2, -0.15) is 0 Å². The Hall–Kier alpha value is -1.42. The zero-order valence-corrected chi connectivity index (χ0v) is 10.3. The van der Waals surface area contributed by atoms with Crippen LogP contribution in [0.1, 0.15) is 21.5 Å². The molecule has 0 atom stereocenters. The molecule has 0 saturated heterocycles. The number of carbonyl (C=O) groups is 1. The lowest BCUT2D eigenvalue weighted by Gasteiger charge is -2.15. The van der Waals surface area contributed by atoms with Crippen molar-refractivity contribution in [3.8, 4) is 11.5 Å². The van der Waals surface area contributed by atoms with Crippen LogP contribution in [0.4, 0.5) is 0 Å². The summed E-state index contributed by atoms with van der Waals surface area (Å²) in [6.07, 6.45) is 0. The molecule has 0 amide bonds. The molecule has 0 bridgehead atoms. The highest BCUT2D eigenvalue weighted by Crippen LogP contribution is 2.41. The van der Waals surface area contributed by atoms with Crippen LogP contribution >= 0.6 is 11.6 Å². The van der Waals surface area contributed by atoms with Crippen molar-refractivity contribution in [1.29, 1.82) is 0 Å². The van der Waals surface area contributed by atoms with E-state index in [2.05, 4.69) is 4.74 Å². The molecule has 1 rings (SSSR count). The first-order chi connectivity index (χ1) is 7.45. The molecule has 1 aromatic rings. The van der Waals surface area contributed by atoms with Gasteiger partial charge in [-0.3, -0.25) is 0 Å². The molecule has 0 saturated carbocycles. The standard InChI is InChI=1S/C11H13ClO4/c1-5-7(11(14)16-4)9(13)10(15-3)6(2)8(5)12/h13H,1-4H3. The Morgan fingerprint density at radius 1 is 1.25 bits per heavy atom. The fourth-order valence-corrected chi connectivity index (χ4v) is 1.74. The maximum Gasteiger partial charge on any atom is 0.342 e. The summed E-state index contributed by atoms with van der Waals surface area (Å²) >= 11 is 6.04. The molecule has 0 heterocycles. The van der Waals surface area contributed by atoms with Crippen LogP contribution in [0.2, 0.25) is 5.02 Å². The summed E-state index contributed by atoms with van der Waals surface area (Å²) in [4.78, 5) is 11.5. The lowest BCUT2D eigenvalue weighted by molar-refractivity contribution is 0.0596. The van der Waals surface area contributed by atoms with Crippen LogP contribution in [-0.2, 0) is 4.74 Å². The van der Waals surface area contributed by atoms with E-state index in [9.17, 15) is 9.90 Å². The monoisotopic (exact) mass is 244 g/mol. The first kappa shape index (κ1) is 12.6. The van der Waals surface area contributed by atoms with E-state index in [1.54, 1.807) is 13.8 Å². The number of phenols is 1. The van der Waals surface area contributed by atoms with E-state index in [-0.39, 0.29) is 17.1 Å². The predicted molar refractivity (Wildman–Crippen MR) is 60.5 cm³/mol. The Bertz CT molecular complexity index is 440. The average Bonchev–Trinajstić information content (AvgIpc) is 2.27. The van der Waals surface area contributed by atoms with Crippen LogP contribution in [0.3, 0.4) is 0 Å². The number of aromatic hydroxyl groups is 1. The van der Waals surface area contributed by atoms with E-state index >= 15 is 0 Å². The number of methoxy groups -OCH3 is 2. The summed E-state index contributed by atoms with van der Waals surface area (Å²) in [6.45, 7) is 3.34. The molecule has 88 valence electrons. The zero-order chi connectivity index (χ0) is 12.5. The van der Waals surface area contributed by atoms with Crippen molar-refractivity contribution in [2.24, 2.45) is 0 Å². The molecule has 1 aromatic carbocycles. The van der Waals surface area contributed by atoms with E-state index in [4.69, 9.17) is 16.3 Å². The van der Waals surface area contributed by atoms with Crippen LogP contribution in [0, 0.1) is 13.8 Å². The van der Waals surface area contributed by atoms with Crippen LogP contribution in [0.5, 0.6) is 11.5 Å². The van der Waals surface area contributed by atoms with Crippen molar-refractivity contribution in [3.63, 3.8) is 0 Å². The van der Waals surface area contributed by atoms with Gasteiger partial charge in [-0.1, -0.05) is 11.6 Å². The highest BCUT2D eigenvalue weighted by Gasteiger charge is 2.24. The van der Waals surface area contributed by atoms with Gasteiger partial charge in [-0.05, 0) is 19.4 Å². The molecule has 0 unspecified atom stereocenters. The van der Waals surface area contributed by atoms with Gasteiger partial charge in [0.05, 0.1) is 19.2 Å². The molecule has 0 aromatic heterocycles. The molecule has 0 aliphatic rings. The minimum atomic E-state index is -0.643. The van der Waals surface area contributed by atoms with Gasteiger partial charge in [-0.25, -0.2) is 4.79 Å². The second-order valence-electron chi connectivity index (χ2n) is 3.31. The van der Waals surface area contributed by atoms with Crippen molar-refractivity contribution in [3.05, 3.63) is 21.7 Å². The highest BCUT2D eigenvalue weighted by atomic mass is 35.5. The number of benzene rings is 1. The van der Waals surface area contributed by atoms with Crippen molar-refractivity contribution in [2.45, 2.75) is 13.8 Å². The van der Waals surface area contributed by atoms with Gasteiger partial charge in [0.25, 0.3) is 0 Å². The third kappa shape index (κ3) is 1.80. The van der Waals surface area contributed by atoms with Gasteiger partial charge in [0.1, 0.15) is 5.56 Å². The van der Waals surface area contributed by atoms with Crippen LogP contribution in [-0.4, -0.2) is 25.3 Å². The van der Waals surface area contributed by atoms with Gasteiger partial charge in [-0.15, -0.1) is 0 Å². The lowest BCUT2D eigenvalue weighted by atomic mass is 10.0. The highest BCUT2D eigenvalue weighted by molar-refractivity contribution is 6.33. The number of esters is 1. The van der Waals surface area contributed by atoms with Gasteiger partial charge >= 0.3 is 5.97 Å². The molecule has 0 radical (unpaired) electrons. The Balaban J connectivity index is 3.62. The molecule has 16 heavy (non-hydrogen) atoms. The maximum absolute atomic E-state index is 11.5. The van der Waals surface area contributed by atoms with E-state index in [0.29, 0.717) is 16.1 Å². The number of hydrogen-bond donors (Lipinski definition) is 1. The van der Waals surface area contributed by atoms with Crippen LogP contribution in [0.25, 0.3) is 0 Å². The molecule has 4 nitrogen and oxygen atoms in total. The normalized spacial score (nSPS) is 10.1. The van der Waals surface area contributed by atoms with Crippen LogP contribution in [0.15, 0.2) is 0 Å². The number of ether oxygens (including phenoxy) is 2. The van der Waals surface area contributed by atoms with Gasteiger partial charge in [0.15, 0.2) is 11.5 Å². The SMILES string of the molecule is COC(=O)c1c(C)c(Cl)c(C)c(OC)c1O. The molecule has 5 heteroatoms. The minimum absolute atomic E-state index is 0.0370. The number of carbonyl (C=O) groups excluding carboxylic acids is 1. The first-order valence-electron chi connectivity index (χ1n) is 4.59. The number of rotatable bonds is 2. The molecular weight excluding hydrogens is 232 g/mol. The molecule has 0 aliphatic carbocycles. The van der Waals surface area contributed by atoms with E-state index in [1.807, 2.05) is 0 Å². The predicted octanol–water partition coefficient (Wildman–Crippen LogP) is 2.46. The van der Waals surface area contributed by atoms with Gasteiger partial charge in [0.2, 0.25) is 0 Å². The molecule has 1 N–H and O–H groups in total. The van der Waals surface area contributed by atoms with Crippen molar-refractivity contribution in [1.82, 2.24) is 0 Å². The molecule has 0 fully saturated rings. The second-order valence-corrected chi connectivity index (χ2v) is 3.69. The summed E-state index contributed by atoms with van der Waals surface area (Å²) in [5.74, 6) is -0.694. The van der Waals surface area contributed by atoms with Crippen LogP contribution < -0.4 is 4.74 Å². The largest absolute Gasteiger partial charge is 0.504 e. The number of phenolic OH excluding ortho intramolecular Hbond substituents is 1. The number of halogens is 1. The van der Waals surface area contributed by atoms with Gasteiger partial charge < -0.3 is 14.6 Å². The minimum Gasteiger partial charge on any atom is -0.504 e. The quantitative estimate of drug-likeness (QED) is 0.812. The van der Waals surface area contributed by atoms with Crippen molar-refractivity contribution >= 4 is 17.6 Å². The Morgan fingerprint density at radius 3 is 2.25 bits per heavy atom. The smallest absolute Gasteiger partial charge is 0.342 e. The fraction of sp³-hybridized carbons (Fsp3) is 0.364. The third-order valence-corrected chi connectivity index (χ3v) is 2.99. The molecule has 0 aliphatic heterocycles. The third-order valence-electron chi connectivity index (χ3n) is 2.42. The topological polar surface area (TPSA) is 55.8 Å². The summed E-state index contributed by atoms with van der Waals surface area (Å²) in [5, 5.41) is 10.3. The summed E-state index contributed by atoms with van der Waals surface area (Å²) in [5.41, 5.74) is 1.10. The van der Waals surface area contributed by atoms with Crippen molar-refractivity contribution in [2.75, 3.05) is 14.2 Å². The Labute approximate surface area is 98.7 Å². The Morgan fingerprint density at radius 2 is 1.81 bits per heavy atom. The Kier molecular flexibility index (Phi) is 3.65. The zero-order valence-electron chi connectivity index (χ0n) is 9.55. The van der Waals surface area contributed by atoms with E-state index < -0.39 is 5.97 Å². The summed E-state index contributed by atoms with van der Waals surface area (Å²) < 4.78 is 9.58. The fourth-order valence-electron chi connectivity index (χ4n) is 1.56. The molecule has 0 spiro atoms. The summed E-state index contributed by atoms with van der Waals surface area (Å²) in [7, 11) is 2.64. The van der Waals surface area contributed by atoms with E-state index in [1.165, 1.54) is 14.2 Å². The molecular formula is C11H13ClO4. The number of hydrogen-bond acceptors (Lipinski definition) is 4. The van der Waals surface area contributed by atoms with E-state index in [0.717, 1.165) is 0 Å².